The molecule has 0 aliphatic carbocycles. The number of pyridine rings is 1. The highest BCUT2D eigenvalue weighted by Gasteiger charge is 2.04. The molecule has 94 valence electrons. The molecule has 18 heavy (non-hydrogen) atoms. The maximum Gasteiger partial charge on any atom is 0.330 e. The summed E-state index contributed by atoms with van der Waals surface area (Å²) in [6.07, 6.45) is 3.80. The van der Waals surface area contributed by atoms with Gasteiger partial charge in [0.05, 0.1) is 0 Å². The SMILES string of the molecule is CCn1ccc(=O)n(CCc2ccccn2)c1=O. The van der Waals surface area contributed by atoms with Crippen LogP contribution in [0.1, 0.15) is 12.6 Å². The largest absolute Gasteiger partial charge is 0.330 e. The Morgan fingerprint density at radius 1 is 1.22 bits per heavy atom. The molecule has 0 spiro atoms. The Bertz CT molecular complexity index is 629. The zero-order chi connectivity index (χ0) is 13.0. The van der Waals surface area contributed by atoms with Gasteiger partial charge in [0.15, 0.2) is 0 Å². The summed E-state index contributed by atoms with van der Waals surface area (Å²) >= 11 is 0. The molecule has 0 unspecified atom stereocenters. The van der Waals surface area contributed by atoms with E-state index in [1.165, 1.54) is 21.4 Å². The van der Waals surface area contributed by atoms with Crippen LogP contribution >= 0.6 is 0 Å². The van der Waals surface area contributed by atoms with Crippen LogP contribution < -0.4 is 11.2 Å². The minimum atomic E-state index is -0.263. The van der Waals surface area contributed by atoms with Crippen LogP contribution in [0.4, 0.5) is 0 Å². The van der Waals surface area contributed by atoms with Crippen LogP contribution in [-0.2, 0) is 19.5 Å². The van der Waals surface area contributed by atoms with Crippen LogP contribution in [0.2, 0.25) is 0 Å². The van der Waals surface area contributed by atoms with Crippen molar-refractivity contribution < 1.29 is 0 Å². The zero-order valence-corrected chi connectivity index (χ0v) is 10.2. The van der Waals surface area contributed by atoms with E-state index in [-0.39, 0.29) is 11.2 Å². The third kappa shape index (κ3) is 2.56. The second-order valence-electron chi connectivity index (χ2n) is 3.95. The van der Waals surface area contributed by atoms with Gasteiger partial charge in [-0.3, -0.25) is 14.3 Å². The van der Waals surface area contributed by atoms with Crippen LogP contribution in [0.5, 0.6) is 0 Å². The number of rotatable bonds is 4. The first-order valence-corrected chi connectivity index (χ1v) is 5.92. The Hall–Kier alpha value is -2.17. The molecular weight excluding hydrogens is 230 g/mol. The van der Waals surface area contributed by atoms with Gasteiger partial charge in [0, 0.05) is 43.7 Å². The molecule has 0 aromatic carbocycles. The molecule has 0 saturated carbocycles. The first-order chi connectivity index (χ1) is 8.72. The average molecular weight is 245 g/mol. The number of aryl methyl sites for hydroxylation is 2. The van der Waals surface area contributed by atoms with Crippen molar-refractivity contribution in [3.8, 4) is 0 Å². The maximum absolute atomic E-state index is 11.9. The van der Waals surface area contributed by atoms with Crippen molar-refractivity contribution >= 4 is 0 Å². The van der Waals surface area contributed by atoms with Crippen LogP contribution in [0.15, 0.2) is 46.2 Å². The Labute approximate surface area is 104 Å². The number of hydrogen-bond donors (Lipinski definition) is 0. The van der Waals surface area contributed by atoms with Crippen molar-refractivity contribution in [1.82, 2.24) is 14.1 Å². The summed E-state index contributed by atoms with van der Waals surface area (Å²) < 4.78 is 2.76. The lowest BCUT2D eigenvalue weighted by Gasteiger charge is -2.07. The van der Waals surface area contributed by atoms with Crippen LogP contribution in [-0.4, -0.2) is 14.1 Å². The molecule has 5 nitrogen and oxygen atoms in total. The quantitative estimate of drug-likeness (QED) is 0.795. The summed E-state index contributed by atoms with van der Waals surface area (Å²) in [5.74, 6) is 0. The molecule has 2 aromatic rings. The molecule has 0 fully saturated rings. The lowest BCUT2D eigenvalue weighted by atomic mass is 10.3. The van der Waals surface area contributed by atoms with Gasteiger partial charge in [-0.25, -0.2) is 4.79 Å². The molecule has 0 saturated heterocycles. The third-order valence-corrected chi connectivity index (χ3v) is 2.80. The topological polar surface area (TPSA) is 56.9 Å². The highest BCUT2D eigenvalue weighted by molar-refractivity contribution is 5.03. The van der Waals surface area contributed by atoms with Crippen molar-refractivity contribution in [3.63, 3.8) is 0 Å². The standard InChI is InChI=1S/C13H15N3O2/c1-2-15-9-7-12(17)16(13(15)18)10-6-11-5-3-4-8-14-11/h3-5,7-9H,2,6,10H2,1H3. The van der Waals surface area contributed by atoms with Gasteiger partial charge in [-0.15, -0.1) is 0 Å². The molecule has 0 amide bonds. The fourth-order valence-electron chi connectivity index (χ4n) is 1.78. The molecule has 5 heteroatoms. The van der Waals surface area contributed by atoms with Crippen LogP contribution in [0.3, 0.4) is 0 Å². The van der Waals surface area contributed by atoms with E-state index in [9.17, 15) is 9.59 Å². The monoisotopic (exact) mass is 245 g/mol. The van der Waals surface area contributed by atoms with Gasteiger partial charge in [-0.2, -0.15) is 0 Å². The maximum atomic E-state index is 11.9. The van der Waals surface area contributed by atoms with E-state index in [4.69, 9.17) is 0 Å². The van der Waals surface area contributed by atoms with E-state index in [0.717, 1.165) is 5.69 Å². The molecule has 2 heterocycles. The summed E-state index contributed by atoms with van der Waals surface area (Å²) in [5.41, 5.74) is 0.345. The molecular formula is C13H15N3O2. The predicted molar refractivity (Wildman–Crippen MR) is 68.6 cm³/mol. The summed E-state index contributed by atoms with van der Waals surface area (Å²) in [4.78, 5) is 27.8. The third-order valence-electron chi connectivity index (χ3n) is 2.80. The average Bonchev–Trinajstić information content (AvgIpc) is 2.40. The summed E-state index contributed by atoms with van der Waals surface area (Å²) in [5, 5.41) is 0. The first-order valence-electron chi connectivity index (χ1n) is 5.92. The summed E-state index contributed by atoms with van der Waals surface area (Å²) in [6.45, 7) is 2.78. The van der Waals surface area contributed by atoms with Gasteiger partial charge in [0.2, 0.25) is 0 Å². The van der Waals surface area contributed by atoms with E-state index < -0.39 is 0 Å². The Balaban J connectivity index is 2.25. The van der Waals surface area contributed by atoms with Crippen LogP contribution in [0, 0.1) is 0 Å². The number of aromatic nitrogens is 3. The van der Waals surface area contributed by atoms with Crippen LogP contribution in [0.25, 0.3) is 0 Å². The van der Waals surface area contributed by atoms with Gasteiger partial charge in [-0.1, -0.05) is 6.07 Å². The smallest absolute Gasteiger partial charge is 0.301 e. The Kier molecular flexibility index (Phi) is 3.72. The van der Waals surface area contributed by atoms with E-state index in [1.54, 1.807) is 6.20 Å². The molecule has 0 N–H and O–H groups in total. The van der Waals surface area contributed by atoms with E-state index >= 15 is 0 Å². The van der Waals surface area contributed by atoms with Crippen molar-refractivity contribution in [2.24, 2.45) is 0 Å². The van der Waals surface area contributed by atoms with Gasteiger partial charge in [0.25, 0.3) is 5.56 Å². The second-order valence-corrected chi connectivity index (χ2v) is 3.95. The van der Waals surface area contributed by atoms with Crippen molar-refractivity contribution in [1.29, 1.82) is 0 Å². The molecule has 2 aromatic heterocycles. The lowest BCUT2D eigenvalue weighted by molar-refractivity contribution is 0.562. The van der Waals surface area contributed by atoms with Gasteiger partial charge < -0.3 is 4.57 Å². The molecule has 2 rings (SSSR count). The molecule has 0 radical (unpaired) electrons. The number of nitrogens with zero attached hydrogens (tertiary/aromatic N) is 3. The first kappa shape index (κ1) is 12.3. The highest BCUT2D eigenvalue weighted by atomic mass is 16.2. The van der Waals surface area contributed by atoms with Gasteiger partial charge in [0.1, 0.15) is 0 Å². The highest BCUT2D eigenvalue weighted by Crippen LogP contribution is 1.95. The fraction of sp³-hybridized carbons (Fsp3) is 0.308. The van der Waals surface area contributed by atoms with Crippen molar-refractivity contribution in [2.45, 2.75) is 26.4 Å². The molecule has 0 bridgehead atoms. The zero-order valence-electron chi connectivity index (χ0n) is 10.2. The van der Waals surface area contributed by atoms with E-state index in [0.29, 0.717) is 19.5 Å². The van der Waals surface area contributed by atoms with Crippen molar-refractivity contribution in [3.05, 3.63) is 63.2 Å². The Morgan fingerprint density at radius 2 is 2.06 bits per heavy atom. The van der Waals surface area contributed by atoms with Gasteiger partial charge >= 0.3 is 5.69 Å². The minimum absolute atomic E-state index is 0.263. The fourth-order valence-corrected chi connectivity index (χ4v) is 1.78. The summed E-state index contributed by atoms with van der Waals surface area (Å²) in [7, 11) is 0. The molecule has 0 aliphatic rings. The molecule has 0 atom stereocenters. The van der Waals surface area contributed by atoms with Gasteiger partial charge in [-0.05, 0) is 19.1 Å². The molecule has 0 aliphatic heterocycles. The van der Waals surface area contributed by atoms with Crippen molar-refractivity contribution in [2.75, 3.05) is 0 Å². The minimum Gasteiger partial charge on any atom is -0.301 e. The second kappa shape index (κ2) is 5.44. The number of hydrogen-bond acceptors (Lipinski definition) is 3. The van der Waals surface area contributed by atoms with E-state index in [1.807, 2.05) is 25.1 Å². The normalized spacial score (nSPS) is 10.5. The van der Waals surface area contributed by atoms with E-state index in [2.05, 4.69) is 4.98 Å². The lowest BCUT2D eigenvalue weighted by Crippen LogP contribution is -2.39. The Morgan fingerprint density at radius 3 is 2.72 bits per heavy atom. The predicted octanol–water partition coefficient (Wildman–Crippen LogP) is 0.668. The summed E-state index contributed by atoms with van der Waals surface area (Å²) in [6, 6.07) is 7.03.